The highest BCUT2D eigenvalue weighted by atomic mass is 14.9. The van der Waals surface area contributed by atoms with Crippen LogP contribution in [0.25, 0.3) is 0 Å². The van der Waals surface area contributed by atoms with Gasteiger partial charge < -0.3 is 10.6 Å². The highest BCUT2D eigenvalue weighted by Gasteiger charge is 2.03. The second-order valence-electron chi connectivity index (χ2n) is 4.55. The van der Waals surface area contributed by atoms with E-state index in [9.17, 15) is 0 Å². The van der Waals surface area contributed by atoms with Gasteiger partial charge in [-0.3, -0.25) is 0 Å². The van der Waals surface area contributed by atoms with Gasteiger partial charge in [-0.2, -0.15) is 0 Å². The number of anilines is 2. The first-order valence-corrected chi connectivity index (χ1v) is 6.67. The summed E-state index contributed by atoms with van der Waals surface area (Å²) in [4.78, 5) is 0. The molecule has 0 fully saturated rings. The van der Waals surface area contributed by atoms with Crippen molar-refractivity contribution in [2.45, 2.75) is 27.2 Å². The number of rotatable bonds is 6. The summed E-state index contributed by atoms with van der Waals surface area (Å²) >= 11 is 0. The molecule has 0 bridgehead atoms. The maximum atomic E-state index is 4.05. The highest BCUT2D eigenvalue weighted by Crippen LogP contribution is 2.24. The average Bonchev–Trinajstić information content (AvgIpc) is 2.39. The molecule has 102 valence electrons. The molecule has 2 heteroatoms. The predicted octanol–water partition coefficient (Wildman–Crippen LogP) is 4.96. The van der Waals surface area contributed by atoms with Crippen molar-refractivity contribution < 1.29 is 0 Å². The molecule has 19 heavy (non-hydrogen) atoms. The molecule has 0 saturated carbocycles. The van der Waals surface area contributed by atoms with Crippen LogP contribution in [0, 0.1) is 0 Å². The summed E-state index contributed by atoms with van der Waals surface area (Å²) in [5.74, 6) is 0. The summed E-state index contributed by atoms with van der Waals surface area (Å²) in [6.45, 7) is 10.3. The van der Waals surface area contributed by atoms with Gasteiger partial charge >= 0.3 is 0 Å². The van der Waals surface area contributed by atoms with Gasteiger partial charge in [-0.1, -0.05) is 37.8 Å². The predicted molar refractivity (Wildman–Crippen MR) is 86.6 cm³/mol. The minimum absolute atomic E-state index is 1.02. The molecule has 0 aliphatic heterocycles. The maximum absolute atomic E-state index is 4.05. The molecular weight excluding hydrogens is 232 g/mol. The van der Waals surface area contributed by atoms with Crippen molar-refractivity contribution in [1.82, 2.24) is 0 Å². The van der Waals surface area contributed by atoms with Crippen LogP contribution in [0.2, 0.25) is 0 Å². The Kier molecular flexibility index (Phi) is 5.94. The molecule has 0 saturated heterocycles. The second-order valence-corrected chi connectivity index (χ2v) is 4.55. The van der Waals surface area contributed by atoms with E-state index >= 15 is 0 Å². The summed E-state index contributed by atoms with van der Waals surface area (Å²) in [6, 6.07) is 8.17. The monoisotopic (exact) mass is 256 g/mol. The van der Waals surface area contributed by atoms with Crippen LogP contribution in [-0.2, 0) is 0 Å². The lowest BCUT2D eigenvalue weighted by Crippen LogP contribution is -2.03. The Morgan fingerprint density at radius 2 is 1.84 bits per heavy atom. The Morgan fingerprint density at radius 3 is 2.37 bits per heavy atom. The van der Waals surface area contributed by atoms with Crippen LogP contribution in [0.3, 0.4) is 0 Å². The van der Waals surface area contributed by atoms with Crippen molar-refractivity contribution in [3.63, 3.8) is 0 Å². The largest absolute Gasteiger partial charge is 0.386 e. The fourth-order valence-electron chi connectivity index (χ4n) is 1.90. The molecular formula is C17H24N2. The van der Waals surface area contributed by atoms with Crippen LogP contribution < -0.4 is 10.6 Å². The van der Waals surface area contributed by atoms with E-state index in [1.54, 1.807) is 0 Å². The lowest BCUT2D eigenvalue weighted by atomic mass is 10.1. The molecule has 1 rings (SSSR count). The van der Waals surface area contributed by atoms with Gasteiger partial charge in [0.15, 0.2) is 0 Å². The second kappa shape index (κ2) is 7.47. The Morgan fingerprint density at radius 1 is 1.21 bits per heavy atom. The normalized spacial score (nSPS) is 12.2. The SMILES string of the molecule is C=C(C)C(/C=C\CC)=C(/C)Nc1ccccc1NC. The molecule has 2 nitrogen and oxygen atoms in total. The highest BCUT2D eigenvalue weighted by molar-refractivity contribution is 5.70. The zero-order valence-electron chi connectivity index (χ0n) is 12.4. The third-order valence-electron chi connectivity index (χ3n) is 2.90. The van der Waals surface area contributed by atoms with Gasteiger partial charge in [-0.25, -0.2) is 0 Å². The minimum atomic E-state index is 1.02. The number of allylic oxidation sites excluding steroid dienone is 5. The molecule has 2 N–H and O–H groups in total. The third kappa shape index (κ3) is 4.32. The average molecular weight is 256 g/mol. The summed E-state index contributed by atoms with van der Waals surface area (Å²) < 4.78 is 0. The van der Waals surface area contributed by atoms with Crippen molar-refractivity contribution in [3.05, 3.63) is 59.8 Å². The van der Waals surface area contributed by atoms with Crippen LogP contribution in [0.4, 0.5) is 11.4 Å². The Labute approximate surface area is 116 Å². The van der Waals surface area contributed by atoms with Gasteiger partial charge in [0.1, 0.15) is 0 Å². The topological polar surface area (TPSA) is 24.1 Å². The summed E-state index contributed by atoms with van der Waals surface area (Å²) in [5, 5.41) is 6.64. The van der Waals surface area contributed by atoms with E-state index in [2.05, 4.69) is 55.3 Å². The van der Waals surface area contributed by atoms with Gasteiger partial charge in [0.25, 0.3) is 0 Å². The first kappa shape index (κ1) is 15.1. The van der Waals surface area contributed by atoms with E-state index < -0.39 is 0 Å². The van der Waals surface area contributed by atoms with Crippen LogP contribution in [0.15, 0.2) is 59.8 Å². The van der Waals surface area contributed by atoms with Crippen LogP contribution in [0.1, 0.15) is 27.2 Å². The molecule has 0 amide bonds. The van der Waals surface area contributed by atoms with Crippen LogP contribution in [0.5, 0.6) is 0 Å². The standard InChI is InChI=1S/C17H24N2/c1-6-7-10-15(13(2)3)14(4)19-17-12-9-8-11-16(17)18-5/h7-12,18-19H,2,6H2,1,3-5H3/b10-7-,15-14-. The van der Waals surface area contributed by atoms with Crippen LogP contribution >= 0.6 is 0 Å². The molecule has 0 radical (unpaired) electrons. The third-order valence-corrected chi connectivity index (χ3v) is 2.90. The van der Waals surface area contributed by atoms with Crippen molar-refractivity contribution in [3.8, 4) is 0 Å². The Bertz CT molecular complexity index is 496. The van der Waals surface area contributed by atoms with E-state index in [0.717, 1.165) is 34.6 Å². The Hall–Kier alpha value is -1.96. The van der Waals surface area contributed by atoms with Crippen molar-refractivity contribution >= 4 is 11.4 Å². The zero-order chi connectivity index (χ0) is 14.3. The summed E-state index contributed by atoms with van der Waals surface area (Å²) in [7, 11) is 1.93. The molecule has 0 unspecified atom stereocenters. The van der Waals surface area contributed by atoms with Gasteiger partial charge in [-0.15, -0.1) is 0 Å². The number of hydrogen-bond acceptors (Lipinski definition) is 2. The van der Waals surface area contributed by atoms with E-state index in [0.29, 0.717) is 0 Å². The van der Waals surface area contributed by atoms with Gasteiger partial charge in [0.2, 0.25) is 0 Å². The van der Waals surface area contributed by atoms with E-state index in [4.69, 9.17) is 0 Å². The zero-order valence-corrected chi connectivity index (χ0v) is 12.4. The summed E-state index contributed by atoms with van der Waals surface area (Å²) in [6.07, 6.45) is 5.31. The number of hydrogen-bond donors (Lipinski definition) is 2. The van der Waals surface area contributed by atoms with Gasteiger partial charge in [0, 0.05) is 12.7 Å². The molecule has 1 aromatic rings. The van der Waals surface area contributed by atoms with Crippen molar-refractivity contribution in [1.29, 1.82) is 0 Å². The maximum Gasteiger partial charge on any atom is 0.0617 e. The van der Waals surface area contributed by atoms with Crippen LogP contribution in [-0.4, -0.2) is 7.05 Å². The van der Waals surface area contributed by atoms with E-state index in [1.807, 2.05) is 26.1 Å². The smallest absolute Gasteiger partial charge is 0.0617 e. The fraction of sp³-hybridized carbons (Fsp3) is 0.294. The van der Waals surface area contributed by atoms with Gasteiger partial charge in [-0.05, 0) is 43.5 Å². The quantitative estimate of drug-likeness (QED) is 0.703. The lowest BCUT2D eigenvalue weighted by molar-refractivity contribution is 1.21. The molecule has 0 spiro atoms. The summed E-state index contributed by atoms with van der Waals surface area (Å²) in [5.41, 5.74) is 5.50. The van der Waals surface area contributed by atoms with Gasteiger partial charge in [0.05, 0.1) is 11.4 Å². The fourth-order valence-corrected chi connectivity index (χ4v) is 1.90. The number of para-hydroxylation sites is 2. The van der Waals surface area contributed by atoms with E-state index in [1.165, 1.54) is 0 Å². The molecule has 1 aromatic carbocycles. The lowest BCUT2D eigenvalue weighted by Gasteiger charge is -2.15. The molecule has 0 atom stereocenters. The Balaban J connectivity index is 3.06. The molecule has 0 aliphatic carbocycles. The number of benzene rings is 1. The molecule has 0 heterocycles. The molecule has 0 aromatic heterocycles. The van der Waals surface area contributed by atoms with E-state index in [-0.39, 0.29) is 0 Å². The number of nitrogens with one attached hydrogen (secondary N) is 2. The first-order chi connectivity index (χ1) is 9.10. The minimum Gasteiger partial charge on any atom is -0.386 e. The first-order valence-electron chi connectivity index (χ1n) is 6.67. The van der Waals surface area contributed by atoms with Crippen molar-refractivity contribution in [2.75, 3.05) is 17.7 Å². The molecule has 0 aliphatic rings. The van der Waals surface area contributed by atoms with Crippen molar-refractivity contribution in [2.24, 2.45) is 0 Å².